The fourth-order valence-electron chi connectivity index (χ4n) is 5.74. The fraction of sp³-hybridized carbons (Fsp3) is 0.857. The highest BCUT2D eigenvalue weighted by atomic mass is 32.2. The molecule has 1 spiro atoms. The van der Waals surface area contributed by atoms with Crippen molar-refractivity contribution < 1.29 is 19.5 Å². The smallest absolute Gasteiger partial charge is 0.244 e. The van der Waals surface area contributed by atoms with Gasteiger partial charge < -0.3 is 20.6 Å². The lowest BCUT2D eigenvalue weighted by molar-refractivity contribution is -0.140. The van der Waals surface area contributed by atoms with Crippen molar-refractivity contribution in [1.29, 1.82) is 0 Å². The number of hydrogen-bond acceptors (Lipinski definition) is 5. The van der Waals surface area contributed by atoms with E-state index in [0.29, 0.717) is 19.4 Å². The van der Waals surface area contributed by atoms with Gasteiger partial charge in [-0.3, -0.25) is 14.4 Å². The van der Waals surface area contributed by atoms with Crippen molar-refractivity contribution in [1.82, 2.24) is 15.5 Å². The van der Waals surface area contributed by atoms with Crippen LogP contribution in [0.1, 0.15) is 59.3 Å². The molecule has 3 aliphatic heterocycles. The van der Waals surface area contributed by atoms with Crippen LogP contribution in [-0.4, -0.2) is 69.5 Å². The van der Waals surface area contributed by atoms with Gasteiger partial charge in [-0.2, -0.15) is 0 Å². The number of nitrogens with one attached hydrogen (secondary N) is 2. The Morgan fingerprint density at radius 1 is 1.31 bits per heavy atom. The molecule has 3 rings (SSSR count). The molecule has 3 heterocycles. The quantitative estimate of drug-likeness (QED) is 0.484. The van der Waals surface area contributed by atoms with Crippen LogP contribution in [0.25, 0.3) is 0 Å². The minimum atomic E-state index is -0.556. The maximum Gasteiger partial charge on any atom is 0.244 e. The SMILES string of the molecule is CCCC(C)NC(=O)C1N(CCCCO)C(=O)[C@@H]2[C@H](C(=O)NC)[C@]3(C)CCC12S3. The van der Waals surface area contributed by atoms with Crippen LogP contribution >= 0.6 is 11.8 Å². The van der Waals surface area contributed by atoms with Gasteiger partial charge in [-0.05, 0) is 46.0 Å². The Labute approximate surface area is 177 Å². The van der Waals surface area contributed by atoms with E-state index in [2.05, 4.69) is 24.5 Å². The van der Waals surface area contributed by atoms with Crippen molar-refractivity contribution in [3.05, 3.63) is 0 Å². The molecule has 2 bridgehead atoms. The number of nitrogens with zero attached hydrogens (tertiary/aromatic N) is 1. The summed E-state index contributed by atoms with van der Waals surface area (Å²) in [5, 5.41) is 15.0. The third-order valence-electron chi connectivity index (χ3n) is 6.97. The maximum atomic E-state index is 13.6. The van der Waals surface area contributed by atoms with Gasteiger partial charge in [-0.1, -0.05) is 13.3 Å². The molecule has 0 aromatic rings. The molecule has 0 aliphatic carbocycles. The summed E-state index contributed by atoms with van der Waals surface area (Å²) in [4.78, 5) is 41.5. The lowest BCUT2D eigenvalue weighted by Gasteiger charge is -2.35. The Bertz CT molecular complexity index is 674. The fourth-order valence-corrected chi connectivity index (χ4v) is 8.10. The van der Waals surface area contributed by atoms with Gasteiger partial charge in [0.15, 0.2) is 0 Å². The average molecular weight is 426 g/mol. The summed E-state index contributed by atoms with van der Waals surface area (Å²) in [6, 6.07) is -0.509. The number of unbranched alkanes of at least 4 members (excludes halogenated alkanes) is 1. The zero-order valence-electron chi connectivity index (χ0n) is 18.0. The van der Waals surface area contributed by atoms with Gasteiger partial charge >= 0.3 is 0 Å². The molecule has 3 N–H and O–H groups in total. The minimum absolute atomic E-state index is 0.0475. The Kier molecular flexibility index (Phi) is 6.53. The van der Waals surface area contributed by atoms with Crippen molar-refractivity contribution in [2.24, 2.45) is 11.8 Å². The number of carbonyl (C=O) groups excluding carboxylic acids is 3. The van der Waals surface area contributed by atoms with E-state index in [9.17, 15) is 14.4 Å². The number of rotatable bonds is 9. The molecule has 29 heavy (non-hydrogen) atoms. The molecule has 0 saturated carbocycles. The lowest BCUT2D eigenvalue weighted by Crippen LogP contribution is -2.55. The third kappa shape index (κ3) is 3.56. The van der Waals surface area contributed by atoms with Crippen LogP contribution in [0.2, 0.25) is 0 Å². The standard InChI is InChI=1S/C21H35N3O4S/c1-5-8-13(2)23-18(27)16-21-10-9-20(3,29-21)14(17(26)22-4)15(21)19(28)24(16)11-6-7-12-25/h13-16,25H,5-12H2,1-4H3,(H,22,26)(H,23,27)/t13?,14-,15+,16?,20+,21?/m1/s1. The van der Waals surface area contributed by atoms with E-state index >= 15 is 0 Å². The monoisotopic (exact) mass is 425 g/mol. The molecule has 3 fully saturated rings. The zero-order chi connectivity index (χ0) is 21.4. The van der Waals surface area contributed by atoms with Crippen molar-refractivity contribution in [2.75, 3.05) is 20.2 Å². The molecule has 3 saturated heterocycles. The summed E-state index contributed by atoms with van der Waals surface area (Å²) in [6.07, 6.45) is 4.70. The third-order valence-corrected chi connectivity index (χ3v) is 8.96. The van der Waals surface area contributed by atoms with Gasteiger partial charge in [-0.25, -0.2) is 0 Å². The van der Waals surface area contributed by atoms with E-state index in [1.165, 1.54) is 0 Å². The first-order valence-electron chi connectivity index (χ1n) is 10.9. The number of thioether (sulfide) groups is 1. The summed E-state index contributed by atoms with van der Waals surface area (Å²) in [5.41, 5.74) is 0. The topological polar surface area (TPSA) is 98.7 Å². The van der Waals surface area contributed by atoms with E-state index in [0.717, 1.165) is 25.7 Å². The second-order valence-corrected chi connectivity index (χ2v) is 10.9. The largest absolute Gasteiger partial charge is 0.396 e. The molecule has 6 atom stereocenters. The van der Waals surface area contributed by atoms with Crippen molar-refractivity contribution in [2.45, 2.75) is 80.9 Å². The van der Waals surface area contributed by atoms with Crippen LogP contribution in [0.5, 0.6) is 0 Å². The van der Waals surface area contributed by atoms with Crippen LogP contribution in [0.4, 0.5) is 0 Å². The van der Waals surface area contributed by atoms with Crippen molar-refractivity contribution in [3.63, 3.8) is 0 Å². The Balaban J connectivity index is 1.96. The van der Waals surface area contributed by atoms with Gasteiger partial charge in [0.25, 0.3) is 0 Å². The molecule has 0 aromatic carbocycles. The molecular formula is C21H35N3O4S. The number of aliphatic hydroxyl groups excluding tert-OH is 1. The number of carbonyl (C=O) groups is 3. The van der Waals surface area contributed by atoms with Crippen LogP contribution in [0.15, 0.2) is 0 Å². The molecule has 164 valence electrons. The minimum Gasteiger partial charge on any atom is -0.396 e. The van der Waals surface area contributed by atoms with E-state index in [1.807, 2.05) is 6.92 Å². The highest BCUT2D eigenvalue weighted by Crippen LogP contribution is 2.71. The number of aliphatic hydroxyl groups is 1. The Morgan fingerprint density at radius 2 is 2.03 bits per heavy atom. The van der Waals surface area contributed by atoms with E-state index in [-0.39, 0.29) is 35.1 Å². The van der Waals surface area contributed by atoms with Crippen LogP contribution in [0.3, 0.4) is 0 Å². The summed E-state index contributed by atoms with van der Waals surface area (Å²) in [6.45, 7) is 6.66. The molecule has 8 heteroatoms. The second-order valence-electron chi connectivity index (χ2n) is 9.00. The number of likely N-dealkylation sites (tertiary alicyclic amines) is 1. The van der Waals surface area contributed by atoms with Crippen LogP contribution in [0, 0.1) is 11.8 Å². The normalized spacial score (nSPS) is 36.2. The summed E-state index contributed by atoms with van der Waals surface area (Å²) in [5.74, 6) is -1.14. The van der Waals surface area contributed by atoms with Crippen LogP contribution < -0.4 is 10.6 Å². The molecule has 3 amide bonds. The Morgan fingerprint density at radius 3 is 2.66 bits per heavy atom. The first kappa shape index (κ1) is 22.4. The van der Waals surface area contributed by atoms with Gasteiger partial charge in [-0.15, -0.1) is 11.8 Å². The Hall–Kier alpha value is -1.28. The maximum absolute atomic E-state index is 13.6. The zero-order valence-corrected chi connectivity index (χ0v) is 18.8. The highest BCUT2D eigenvalue weighted by Gasteiger charge is 2.76. The number of hydrogen-bond donors (Lipinski definition) is 3. The van der Waals surface area contributed by atoms with Gasteiger partial charge in [0.2, 0.25) is 17.7 Å². The second kappa shape index (κ2) is 8.46. The molecule has 0 radical (unpaired) electrons. The molecule has 3 aliphatic rings. The first-order chi connectivity index (χ1) is 13.8. The van der Waals surface area contributed by atoms with Crippen molar-refractivity contribution in [3.8, 4) is 0 Å². The summed E-state index contributed by atoms with van der Waals surface area (Å²) < 4.78 is -0.858. The molecule has 3 unspecified atom stereocenters. The first-order valence-corrected chi connectivity index (χ1v) is 11.7. The summed E-state index contributed by atoms with van der Waals surface area (Å²) >= 11 is 1.69. The highest BCUT2D eigenvalue weighted by molar-refractivity contribution is 8.02. The molecule has 0 aromatic heterocycles. The van der Waals surface area contributed by atoms with Crippen LogP contribution in [-0.2, 0) is 14.4 Å². The van der Waals surface area contributed by atoms with E-state index in [4.69, 9.17) is 5.11 Å². The average Bonchev–Trinajstić information content (AvgIpc) is 3.23. The number of amides is 3. The van der Waals surface area contributed by atoms with Gasteiger partial charge in [0.05, 0.1) is 16.6 Å². The molecular weight excluding hydrogens is 390 g/mol. The molecule has 7 nitrogen and oxygen atoms in total. The number of fused-ring (bicyclic) bond motifs is 1. The lowest BCUT2D eigenvalue weighted by atomic mass is 9.66. The summed E-state index contributed by atoms with van der Waals surface area (Å²) in [7, 11) is 1.62. The van der Waals surface area contributed by atoms with E-state index < -0.39 is 22.6 Å². The predicted molar refractivity (Wildman–Crippen MR) is 113 cm³/mol. The van der Waals surface area contributed by atoms with Gasteiger partial charge in [0.1, 0.15) is 6.04 Å². The predicted octanol–water partition coefficient (Wildman–Crippen LogP) is 1.29. The van der Waals surface area contributed by atoms with Gasteiger partial charge in [0, 0.05) is 31.0 Å². The van der Waals surface area contributed by atoms with E-state index in [1.54, 1.807) is 23.7 Å². The van der Waals surface area contributed by atoms with Crippen molar-refractivity contribution >= 4 is 29.5 Å².